The molecule has 1 saturated carbocycles. The molecule has 0 radical (unpaired) electrons. The maximum Gasteiger partial charge on any atom is 0.258 e. The van der Waals surface area contributed by atoms with Gasteiger partial charge in [0.2, 0.25) is 0 Å². The van der Waals surface area contributed by atoms with E-state index in [1.54, 1.807) is 28.0 Å². The van der Waals surface area contributed by atoms with E-state index >= 15 is 0 Å². The number of hydrogen-bond donors (Lipinski definition) is 0. The molecule has 1 aliphatic heterocycles. The third-order valence-corrected chi connectivity index (χ3v) is 6.34. The lowest BCUT2D eigenvalue weighted by Gasteiger charge is -2.23. The number of amides is 1. The molecule has 2 aromatic heterocycles. The van der Waals surface area contributed by atoms with Crippen LogP contribution in [0.1, 0.15) is 64.3 Å². The van der Waals surface area contributed by atoms with E-state index in [-0.39, 0.29) is 5.91 Å². The normalized spacial score (nSPS) is 15.6. The van der Waals surface area contributed by atoms with Crippen LogP contribution in [0, 0.1) is 17.1 Å². The standard InChI is InChI=1S/C24H22FN5O2/c1-32-23-16(9-26)6-7-20(15-4-2-3-5-15)22(23)24(31)29-12-17-13-30(28-21(17)14-29)19-8-18(25)10-27-11-19/h6-8,10-11,13,15H,2-5,12,14H2,1H3. The van der Waals surface area contributed by atoms with E-state index in [0.29, 0.717) is 41.6 Å². The van der Waals surface area contributed by atoms with Crippen LogP contribution in [-0.4, -0.2) is 32.7 Å². The highest BCUT2D eigenvalue weighted by Gasteiger charge is 2.33. The van der Waals surface area contributed by atoms with Crippen LogP contribution in [0.5, 0.6) is 5.75 Å². The summed E-state index contributed by atoms with van der Waals surface area (Å²) in [6, 6.07) is 7.17. The number of carbonyl (C=O) groups excluding carboxylic acids is 1. The number of halogens is 1. The van der Waals surface area contributed by atoms with Crippen LogP contribution in [0.3, 0.4) is 0 Å². The molecule has 1 aromatic carbocycles. The summed E-state index contributed by atoms with van der Waals surface area (Å²) in [5.41, 5.74) is 4.01. The average molecular weight is 431 g/mol. The number of methoxy groups -OCH3 is 1. The monoisotopic (exact) mass is 431 g/mol. The Morgan fingerprint density at radius 1 is 1.25 bits per heavy atom. The Morgan fingerprint density at radius 3 is 2.75 bits per heavy atom. The molecule has 8 heteroatoms. The van der Waals surface area contributed by atoms with Crippen molar-refractivity contribution in [3.8, 4) is 17.5 Å². The van der Waals surface area contributed by atoms with Crippen molar-refractivity contribution in [2.45, 2.75) is 44.7 Å². The number of pyridine rings is 1. The molecule has 3 aromatic rings. The Balaban J connectivity index is 1.46. The maximum absolute atomic E-state index is 13.7. The van der Waals surface area contributed by atoms with Crippen LogP contribution in [0.4, 0.5) is 4.39 Å². The Labute approximate surface area is 185 Å². The van der Waals surface area contributed by atoms with E-state index in [9.17, 15) is 14.4 Å². The van der Waals surface area contributed by atoms with E-state index in [2.05, 4.69) is 16.2 Å². The summed E-state index contributed by atoms with van der Waals surface area (Å²) in [4.78, 5) is 19.3. The van der Waals surface area contributed by atoms with Crippen molar-refractivity contribution < 1.29 is 13.9 Å². The molecule has 7 nitrogen and oxygen atoms in total. The van der Waals surface area contributed by atoms with E-state index < -0.39 is 5.82 Å². The summed E-state index contributed by atoms with van der Waals surface area (Å²) in [6.45, 7) is 0.731. The van der Waals surface area contributed by atoms with Crippen LogP contribution in [0.2, 0.25) is 0 Å². The van der Waals surface area contributed by atoms with Crippen molar-refractivity contribution in [3.05, 3.63) is 70.6 Å². The summed E-state index contributed by atoms with van der Waals surface area (Å²) in [5, 5.41) is 14.1. The number of nitrogens with zero attached hydrogens (tertiary/aromatic N) is 5. The molecule has 1 aliphatic carbocycles. The highest BCUT2D eigenvalue weighted by Crippen LogP contribution is 2.41. The zero-order valence-corrected chi connectivity index (χ0v) is 17.7. The number of hydrogen-bond acceptors (Lipinski definition) is 5. The number of benzene rings is 1. The van der Waals surface area contributed by atoms with Gasteiger partial charge in [0.1, 0.15) is 17.6 Å². The fourth-order valence-electron chi connectivity index (χ4n) is 4.81. The van der Waals surface area contributed by atoms with Crippen LogP contribution in [0.25, 0.3) is 5.69 Å². The highest BCUT2D eigenvalue weighted by atomic mass is 19.1. The van der Waals surface area contributed by atoms with Crippen molar-refractivity contribution >= 4 is 5.91 Å². The SMILES string of the molecule is COc1c(C#N)ccc(C2CCCC2)c1C(=O)N1Cc2cn(-c3cncc(F)c3)nc2C1. The molecule has 0 atom stereocenters. The summed E-state index contributed by atoms with van der Waals surface area (Å²) >= 11 is 0. The molecule has 3 heterocycles. The fraction of sp³-hybridized carbons (Fsp3) is 0.333. The topological polar surface area (TPSA) is 84.0 Å². The Morgan fingerprint density at radius 2 is 2.06 bits per heavy atom. The van der Waals surface area contributed by atoms with Crippen LogP contribution < -0.4 is 4.74 Å². The van der Waals surface area contributed by atoms with Gasteiger partial charge in [0.15, 0.2) is 0 Å². The molecule has 0 N–H and O–H groups in total. The average Bonchev–Trinajstić information content (AvgIpc) is 3.54. The first kappa shape index (κ1) is 20.2. The lowest BCUT2D eigenvalue weighted by molar-refractivity contribution is 0.0744. The second kappa shape index (κ2) is 8.08. The number of ether oxygens (including phenoxy) is 1. The predicted molar refractivity (Wildman–Crippen MR) is 114 cm³/mol. The lowest BCUT2D eigenvalue weighted by atomic mass is 9.90. The number of rotatable bonds is 4. The predicted octanol–water partition coefficient (Wildman–Crippen LogP) is 4.10. The molecule has 5 rings (SSSR count). The number of fused-ring (bicyclic) bond motifs is 1. The van der Waals surface area contributed by atoms with E-state index in [1.807, 2.05) is 6.07 Å². The first-order valence-corrected chi connectivity index (χ1v) is 10.7. The van der Waals surface area contributed by atoms with Gasteiger partial charge in [-0.15, -0.1) is 0 Å². The summed E-state index contributed by atoms with van der Waals surface area (Å²) in [6.07, 6.45) is 8.83. The van der Waals surface area contributed by atoms with Gasteiger partial charge in [0, 0.05) is 24.4 Å². The van der Waals surface area contributed by atoms with E-state index in [4.69, 9.17) is 4.74 Å². The van der Waals surface area contributed by atoms with E-state index in [1.165, 1.54) is 13.2 Å². The van der Waals surface area contributed by atoms with Crippen LogP contribution in [0.15, 0.2) is 36.8 Å². The minimum atomic E-state index is -0.432. The van der Waals surface area contributed by atoms with Crippen molar-refractivity contribution in [1.82, 2.24) is 19.7 Å². The molecule has 1 fully saturated rings. The van der Waals surface area contributed by atoms with Gasteiger partial charge >= 0.3 is 0 Å². The molecule has 0 unspecified atom stereocenters. The Bertz CT molecular complexity index is 1220. The molecule has 0 spiro atoms. The van der Waals surface area contributed by atoms with Gasteiger partial charge in [0.05, 0.1) is 48.6 Å². The van der Waals surface area contributed by atoms with Crippen molar-refractivity contribution in [3.63, 3.8) is 0 Å². The quantitative estimate of drug-likeness (QED) is 0.621. The number of aromatic nitrogens is 3. The maximum atomic E-state index is 13.7. The van der Waals surface area contributed by atoms with Crippen molar-refractivity contribution in [2.75, 3.05) is 7.11 Å². The molecule has 162 valence electrons. The van der Waals surface area contributed by atoms with Crippen LogP contribution in [-0.2, 0) is 13.1 Å². The van der Waals surface area contributed by atoms with Crippen molar-refractivity contribution in [2.24, 2.45) is 0 Å². The van der Waals surface area contributed by atoms with Gasteiger partial charge in [-0.1, -0.05) is 18.9 Å². The summed E-state index contributed by atoms with van der Waals surface area (Å²) < 4.78 is 20.7. The van der Waals surface area contributed by atoms with Crippen LogP contribution >= 0.6 is 0 Å². The van der Waals surface area contributed by atoms with Crippen molar-refractivity contribution in [1.29, 1.82) is 5.26 Å². The Kier molecular flexibility index (Phi) is 5.10. The molecule has 2 aliphatic rings. The second-order valence-corrected chi connectivity index (χ2v) is 8.27. The van der Waals surface area contributed by atoms with Gasteiger partial charge in [-0.3, -0.25) is 9.78 Å². The molecule has 1 amide bonds. The highest BCUT2D eigenvalue weighted by molar-refractivity contribution is 5.99. The molecular weight excluding hydrogens is 409 g/mol. The van der Waals surface area contributed by atoms with Gasteiger partial charge in [-0.2, -0.15) is 10.4 Å². The third-order valence-electron chi connectivity index (χ3n) is 6.34. The van der Waals surface area contributed by atoms with Gasteiger partial charge in [-0.25, -0.2) is 9.07 Å². The number of carbonyl (C=O) groups is 1. The smallest absolute Gasteiger partial charge is 0.258 e. The minimum absolute atomic E-state index is 0.155. The summed E-state index contributed by atoms with van der Waals surface area (Å²) in [7, 11) is 1.50. The lowest BCUT2D eigenvalue weighted by Crippen LogP contribution is -2.28. The third kappa shape index (κ3) is 3.40. The van der Waals surface area contributed by atoms with E-state index in [0.717, 1.165) is 48.7 Å². The van der Waals surface area contributed by atoms with Gasteiger partial charge in [-0.05, 0) is 30.4 Å². The molecule has 32 heavy (non-hydrogen) atoms. The zero-order chi connectivity index (χ0) is 22.2. The Hall–Kier alpha value is -3.73. The molecular formula is C24H22FN5O2. The molecule has 0 saturated heterocycles. The second-order valence-electron chi connectivity index (χ2n) is 8.27. The first-order chi connectivity index (χ1) is 15.6. The summed E-state index contributed by atoms with van der Waals surface area (Å²) in [5.74, 6) is 0.0595. The first-order valence-electron chi connectivity index (χ1n) is 10.7. The zero-order valence-electron chi connectivity index (χ0n) is 17.7. The van der Waals surface area contributed by atoms with Gasteiger partial charge < -0.3 is 9.64 Å². The fourth-order valence-corrected chi connectivity index (χ4v) is 4.81. The number of nitriles is 1. The van der Waals surface area contributed by atoms with Gasteiger partial charge in [0.25, 0.3) is 5.91 Å². The largest absolute Gasteiger partial charge is 0.495 e. The minimum Gasteiger partial charge on any atom is -0.495 e. The molecule has 0 bridgehead atoms.